The van der Waals surface area contributed by atoms with Crippen LogP contribution in [0.5, 0.6) is 5.75 Å². The van der Waals surface area contributed by atoms with E-state index in [0.717, 1.165) is 0 Å². The summed E-state index contributed by atoms with van der Waals surface area (Å²) in [5, 5.41) is 0. The highest BCUT2D eigenvalue weighted by Crippen LogP contribution is 2.18. The van der Waals surface area contributed by atoms with Crippen molar-refractivity contribution in [2.24, 2.45) is 0 Å². The number of nitrogens with one attached hydrogen (secondary N) is 3. The van der Waals surface area contributed by atoms with Crippen LogP contribution in [-0.2, 0) is 4.79 Å². The van der Waals surface area contributed by atoms with Crippen LogP contribution in [-0.4, -0.2) is 22.4 Å². The first-order chi connectivity index (χ1) is 10.4. The Labute approximate surface area is 126 Å². The maximum absolute atomic E-state index is 12.8. The fraction of sp³-hybridized carbons (Fsp3) is 0.200. The summed E-state index contributed by atoms with van der Waals surface area (Å²) in [6, 6.07) is 8.54. The average molecular weight is 305 g/mol. The van der Waals surface area contributed by atoms with E-state index in [1.165, 1.54) is 38.1 Å². The Morgan fingerprint density at radius 1 is 1.14 bits per heavy atom. The molecule has 0 aliphatic carbocycles. The van der Waals surface area contributed by atoms with Gasteiger partial charge in [0.25, 0.3) is 11.8 Å². The molecule has 1 heterocycles. The van der Waals surface area contributed by atoms with Crippen molar-refractivity contribution in [1.29, 1.82) is 0 Å². The van der Waals surface area contributed by atoms with Gasteiger partial charge < -0.3 is 9.72 Å². The second kappa shape index (κ2) is 6.30. The van der Waals surface area contributed by atoms with E-state index >= 15 is 0 Å². The summed E-state index contributed by atoms with van der Waals surface area (Å²) < 4.78 is 18.3. The predicted molar refractivity (Wildman–Crippen MR) is 77.5 cm³/mol. The van der Waals surface area contributed by atoms with Crippen LogP contribution >= 0.6 is 0 Å². The number of aromatic nitrogens is 1. The zero-order valence-electron chi connectivity index (χ0n) is 12.1. The van der Waals surface area contributed by atoms with Crippen LogP contribution in [0.25, 0.3) is 0 Å². The molecule has 6 nitrogen and oxygen atoms in total. The van der Waals surface area contributed by atoms with Gasteiger partial charge in [0.2, 0.25) is 0 Å². The van der Waals surface area contributed by atoms with E-state index in [4.69, 9.17) is 4.74 Å². The van der Waals surface area contributed by atoms with Crippen molar-refractivity contribution in [3.05, 3.63) is 54.1 Å². The molecule has 2 aromatic rings. The molecule has 0 radical (unpaired) electrons. The summed E-state index contributed by atoms with van der Waals surface area (Å²) in [6.45, 7) is 3.07. The number of aromatic amines is 1. The molecule has 0 fully saturated rings. The van der Waals surface area contributed by atoms with Gasteiger partial charge in [0.05, 0.1) is 0 Å². The van der Waals surface area contributed by atoms with Crippen LogP contribution in [0, 0.1) is 5.82 Å². The van der Waals surface area contributed by atoms with Crippen LogP contribution in [0.3, 0.4) is 0 Å². The summed E-state index contributed by atoms with van der Waals surface area (Å²) in [7, 11) is 0. The van der Waals surface area contributed by atoms with Crippen molar-refractivity contribution in [3.8, 4) is 5.75 Å². The number of hydrogen-bond acceptors (Lipinski definition) is 3. The lowest BCUT2D eigenvalue weighted by Gasteiger charge is -2.25. The second-order valence-electron chi connectivity index (χ2n) is 5.06. The van der Waals surface area contributed by atoms with Crippen molar-refractivity contribution in [3.63, 3.8) is 0 Å². The first kappa shape index (κ1) is 15.6. The summed E-state index contributed by atoms with van der Waals surface area (Å²) in [5.41, 5.74) is 3.63. The van der Waals surface area contributed by atoms with Gasteiger partial charge in [-0.3, -0.25) is 20.4 Å². The van der Waals surface area contributed by atoms with E-state index < -0.39 is 23.2 Å². The highest BCUT2D eigenvalue weighted by atomic mass is 19.1. The van der Waals surface area contributed by atoms with Gasteiger partial charge in [-0.15, -0.1) is 0 Å². The number of H-pyrrole nitrogens is 1. The predicted octanol–water partition coefficient (Wildman–Crippen LogP) is 1.77. The Hall–Kier alpha value is -2.83. The van der Waals surface area contributed by atoms with Gasteiger partial charge in [-0.1, -0.05) is 0 Å². The number of hydrazine groups is 1. The van der Waals surface area contributed by atoms with E-state index in [1.807, 2.05) is 0 Å². The van der Waals surface area contributed by atoms with Gasteiger partial charge in [0, 0.05) is 6.20 Å². The Bertz CT molecular complexity index is 651. The molecule has 0 aliphatic heterocycles. The SMILES string of the molecule is CC(C)(Oc1ccc(F)cc1)C(=O)NNC(=O)c1ccc[nH]1. The molecule has 0 aliphatic rings. The van der Waals surface area contributed by atoms with Crippen LogP contribution < -0.4 is 15.6 Å². The van der Waals surface area contributed by atoms with Crippen molar-refractivity contribution < 1.29 is 18.7 Å². The van der Waals surface area contributed by atoms with Crippen LogP contribution in [0.1, 0.15) is 24.3 Å². The van der Waals surface area contributed by atoms with Crippen molar-refractivity contribution in [2.45, 2.75) is 19.4 Å². The van der Waals surface area contributed by atoms with Gasteiger partial charge >= 0.3 is 0 Å². The van der Waals surface area contributed by atoms with E-state index in [2.05, 4.69) is 15.8 Å². The molecule has 7 heteroatoms. The Kier molecular flexibility index (Phi) is 4.45. The zero-order valence-corrected chi connectivity index (χ0v) is 12.1. The quantitative estimate of drug-likeness (QED) is 0.753. The summed E-state index contributed by atoms with van der Waals surface area (Å²) >= 11 is 0. The van der Waals surface area contributed by atoms with Crippen LogP contribution in [0.15, 0.2) is 42.6 Å². The molecule has 22 heavy (non-hydrogen) atoms. The van der Waals surface area contributed by atoms with Crippen LogP contribution in [0.4, 0.5) is 4.39 Å². The summed E-state index contributed by atoms with van der Waals surface area (Å²) in [4.78, 5) is 26.5. The largest absolute Gasteiger partial charge is 0.478 e. The molecule has 0 atom stereocenters. The smallest absolute Gasteiger partial charge is 0.286 e. The lowest BCUT2D eigenvalue weighted by atomic mass is 10.1. The van der Waals surface area contributed by atoms with Gasteiger partial charge in [-0.25, -0.2) is 4.39 Å². The third kappa shape index (κ3) is 3.85. The fourth-order valence-electron chi connectivity index (χ4n) is 1.65. The first-order valence-corrected chi connectivity index (χ1v) is 6.57. The minimum absolute atomic E-state index is 0.317. The highest BCUT2D eigenvalue weighted by Gasteiger charge is 2.30. The van der Waals surface area contributed by atoms with Gasteiger partial charge in [0.15, 0.2) is 5.60 Å². The molecule has 0 spiro atoms. The third-order valence-electron chi connectivity index (χ3n) is 2.87. The molecule has 1 aromatic carbocycles. The second-order valence-corrected chi connectivity index (χ2v) is 5.06. The van der Waals surface area contributed by atoms with E-state index in [0.29, 0.717) is 11.4 Å². The first-order valence-electron chi connectivity index (χ1n) is 6.57. The maximum Gasteiger partial charge on any atom is 0.286 e. The van der Waals surface area contributed by atoms with E-state index in [-0.39, 0.29) is 0 Å². The topological polar surface area (TPSA) is 83.2 Å². The minimum Gasteiger partial charge on any atom is -0.478 e. The lowest BCUT2D eigenvalue weighted by Crippen LogP contribution is -2.53. The van der Waals surface area contributed by atoms with E-state index in [1.54, 1.807) is 18.3 Å². The van der Waals surface area contributed by atoms with Gasteiger partial charge in [0.1, 0.15) is 17.3 Å². The highest BCUT2D eigenvalue weighted by molar-refractivity contribution is 5.94. The Morgan fingerprint density at radius 2 is 1.82 bits per heavy atom. The van der Waals surface area contributed by atoms with Gasteiger partial charge in [-0.2, -0.15) is 0 Å². The van der Waals surface area contributed by atoms with Crippen molar-refractivity contribution >= 4 is 11.8 Å². The molecular formula is C15H16FN3O3. The number of carbonyl (C=O) groups excluding carboxylic acids is 2. The van der Waals surface area contributed by atoms with Gasteiger partial charge in [-0.05, 0) is 50.2 Å². The monoisotopic (exact) mass is 305 g/mol. The zero-order chi connectivity index (χ0) is 16.2. The number of halogens is 1. The molecular weight excluding hydrogens is 289 g/mol. The minimum atomic E-state index is -1.25. The molecule has 1 aromatic heterocycles. The fourth-order valence-corrected chi connectivity index (χ4v) is 1.65. The Balaban J connectivity index is 1.92. The molecule has 116 valence electrons. The molecule has 0 unspecified atom stereocenters. The Morgan fingerprint density at radius 3 is 2.41 bits per heavy atom. The maximum atomic E-state index is 12.8. The number of rotatable bonds is 4. The average Bonchev–Trinajstić information content (AvgIpc) is 3.01. The lowest BCUT2D eigenvalue weighted by molar-refractivity contribution is -0.135. The van der Waals surface area contributed by atoms with E-state index in [9.17, 15) is 14.0 Å². The molecule has 2 rings (SSSR count). The third-order valence-corrected chi connectivity index (χ3v) is 2.87. The molecule has 2 amide bonds. The number of amides is 2. The standard InChI is InChI=1S/C15H16FN3O3/c1-15(2,22-11-7-5-10(16)6-8-11)14(21)19-18-13(20)12-4-3-9-17-12/h3-9,17H,1-2H3,(H,18,20)(H,19,21). The summed E-state index contributed by atoms with van der Waals surface area (Å²) in [5.74, 6) is -1.07. The molecule has 3 N–H and O–H groups in total. The number of benzene rings is 1. The normalized spacial score (nSPS) is 10.9. The summed E-state index contributed by atoms with van der Waals surface area (Å²) in [6.07, 6.45) is 1.60. The number of hydrogen-bond donors (Lipinski definition) is 3. The van der Waals surface area contributed by atoms with Crippen molar-refractivity contribution in [1.82, 2.24) is 15.8 Å². The van der Waals surface area contributed by atoms with Crippen LogP contribution in [0.2, 0.25) is 0 Å². The molecule has 0 saturated carbocycles. The number of ether oxygens (including phenoxy) is 1. The number of carbonyl (C=O) groups is 2. The molecule has 0 bridgehead atoms. The van der Waals surface area contributed by atoms with Crippen molar-refractivity contribution in [2.75, 3.05) is 0 Å². The molecule has 0 saturated heterocycles.